The molecule has 3 aromatic heterocycles. The van der Waals surface area contributed by atoms with Crippen LogP contribution in [0, 0.1) is 31.6 Å². The summed E-state index contributed by atoms with van der Waals surface area (Å²) in [6, 6.07) is 16.9. The maximum Gasteiger partial charge on any atom is 0.255 e. The van der Waals surface area contributed by atoms with Crippen molar-refractivity contribution in [3.63, 3.8) is 0 Å². The number of benzene rings is 2. The fourth-order valence-electron chi connectivity index (χ4n) is 8.22. The van der Waals surface area contributed by atoms with Crippen molar-refractivity contribution in [1.29, 1.82) is 0 Å². The van der Waals surface area contributed by atoms with Crippen LogP contribution in [-0.4, -0.2) is 78.4 Å². The summed E-state index contributed by atoms with van der Waals surface area (Å²) in [5, 5.41) is 14.1. The number of anilines is 1. The maximum atomic E-state index is 13.2. The molecule has 3 aliphatic heterocycles. The third-order valence-corrected chi connectivity index (χ3v) is 12.6. The first kappa shape index (κ1) is 36.2. The molecule has 1 N–H and O–H groups in total. The summed E-state index contributed by atoms with van der Waals surface area (Å²) < 4.78 is 2.11. The number of aryl methyl sites for hydroxylation is 1. The topological polar surface area (TPSA) is 126 Å². The number of amides is 1. The molecule has 13 heteroatoms. The molecule has 9 rings (SSSR count). The Kier molecular flexibility index (Phi) is 9.40. The van der Waals surface area contributed by atoms with E-state index in [1.54, 1.807) is 16.2 Å². The predicted molar refractivity (Wildman–Crippen MR) is 216 cm³/mol. The van der Waals surface area contributed by atoms with Crippen LogP contribution < -0.4 is 5.32 Å². The van der Waals surface area contributed by atoms with E-state index in [1.807, 2.05) is 68.6 Å². The van der Waals surface area contributed by atoms with Gasteiger partial charge in [0, 0.05) is 84.2 Å². The zero-order valence-corrected chi connectivity index (χ0v) is 32.9. The van der Waals surface area contributed by atoms with Gasteiger partial charge in [0.2, 0.25) is 0 Å². The van der Waals surface area contributed by atoms with Gasteiger partial charge in [0.25, 0.3) is 5.91 Å². The highest BCUT2D eigenvalue weighted by molar-refractivity contribution is 7.15. The number of nitrogens with zero attached hydrogens (tertiary/aromatic N) is 7. The van der Waals surface area contributed by atoms with Gasteiger partial charge in [-0.05, 0) is 80.5 Å². The SMILES string of the molecule is Cc1c(C#Cc2ccc(CN3CC(CNc4cccc5c4CN(C4CCC(=O)CC4=O)C5=O)C3)cn2)sc2c1C(c1ccc(Cl)cc1)=N[C@@H](C)c1nnc(C)n1-2. The number of aromatic nitrogens is 4. The zero-order chi connectivity index (χ0) is 38.7. The van der Waals surface area contributed by atoms with Crippen LogP contribution in [-0.2, 0) is 22.7 Å². The van der Waals surface area contributed by atoms with Crippen molar-refractivity contribution in [2.24, 2.45) is 10.9 Å². The third kappa shape index (κ3) is 6.63. The molecule has 1 unspecified atom stereocenters. The molecule has 1 amide bonds. The molecule has 2 fully saturated rings. The predicted octanol–water partition coefficient (Wildman–Crippen LogP) is 6.50. The molecule has 1 aliphatic carbocycles. The van der Waals surface area contributed by atoms with Gasteiger partial charge in [-0.3, -0.25) is 28.8 Å². The Bertz CT molecular complexity index is 2510. The maximum absolute atomic E-state index is 13.2. The van der Waals surface area contributed by atoms with Gasteiger partial charge >= 0.3 is 0 Å². The number of hydrogen-bond donors (Lipinski definition) is 1. The minimum atomic E-state index is -0.514. The van der Waals surface area contributed by atoms with Crippen LogP contribution in [0.1, 0.15) is 92.6 Å². The third-order valence-electron chi connectivity index (χ3n) is 11.2. The molecule has 2 atom stereocenters. The number of Topliss-reactive ketones (excluding diaryl/α,β-unsaturated/α-hetero) is 2. The van der Waals surface area contributed by atoms with Gasteiger partial charge in [0.1, 0.15) is 28.3 Å². The summed E-state index contributed by atoms with van der Waals surface area (Å²) in [4.78, 5) is 52.4. The number of likely N-dealkylation sites (tertiary alicyclic amines) is 1. The summed E-state index contributed by atoms with van der Waals surface area (Å²) in [6.45, 7) is 10.0. The summed E-state index contributed by atoms with van der Waals surface area (Å²) >= 11 is 7.86. The molecule has 4 aliphatic rings. The highest BCUT2D eigenvalue weighted by Gasteiger charge is 2.40. The van der Waals surface area contributed by atoms with Crippen molar-refractivity contribution in [1.82, 2.24) is 29.5 Å². The van der Waals surface area contributed by atoms with Crippen molar-refractivity contribution >= 4 is 51.8 Å². The number of hydrogen-bond acceptors (Lipinski definition) is 10. The standard InChI is InChI=1S/C43H39ClN8O3S/c1-24-38(56-43-39(24)40(29-8-10-30(44)11-9-29)47-25(2)41-49-48-26(3)52(41)43)16-13-31-12-7-27(18-45-31)20-50-21-28(22-50)19-46-35-6-4-5-33-34(35)23-51(42(33)55)36-15-14-32(53)17-37(36)54/h4-12,18,25,28,36,46H,14-15,17,19-23H2,1-3H3/t25-,36?/m0/s1. The number of aliphatic imine (C=N–C) groups is 1. The molecule has 11 nitrogen and oxygen atoms in total. The Morgan fingerprint density at radius 1 is 1.00 bits per heavy atom. The first-order valence-corrected chi connectivity index (χ1v) is 20.1. The second kappa shape index (κ2) is 14.5. The van der Waals surface area contributed by atoms with Gasteiger partial charge in [-0.25, -0.2) is 4.98 Å². The Labute approximate surface area is 333 Å². The van der Waals surface area contributed by atoms with E-state index >= 15 is 0 Å². The number of fused-ring (bicyclic) bond motifs is 4. The Morgan fingerprint density at radius 2 is 1.82 bits per heavy atom. The number of ketones is 2. The van der Waals surface area contributed by atoms with Crippen LogP contribution in [0.2, 0.25) is 5.02 Å². The van der Waals surface area contributed by atoms with Crippen molar-refractivity contribution in [3.05, 3.63) is 121 Å². The van der Waals surface area contributed by atoms with E-state index in [4.69, 9.17) is 21.6 Å². The second-order valence-corrected chi connectivity index (χ2v) is 16.5. The summed E-state index contributed by atoms with van der Waals surface area (Å²) in [7, 11) is 0. The molecule has 1 saturated heterocycles. The van der Waals surface area contributed by atoms with Gasteiger partial charge in [-0.15, -0.1) is 21.5 Å². The molecule has 0 spiro atoms. The highest BCUT2D eigenvalue weighted by Crippen LogP contribution is 2.39. The number of carbonyl (C=O) groups is 3. The van der Waals surface area contributed by atoms with E-state index in [-0.39, 0.29) is 29.9 Å². The van der Waals surface area contributed by atoms with Crippen LogP contribution in [0.15, 0.2) is 65.8 Å². The van der Waals surface area contributed by atoms with E-state index in [1.165, 1.54) is 0 Å². The molecule has 2 aromatic carbocycles. The van der Waals surface area contributed by atoms with E-state index in [0.29, 0.717) is 41.6 Å². The van der Waals surface area contributed by atoms with Gasteiger partial charge in [0.05, 0.1) is 23.1 Å². The number of nitrogens with one attached hydrogen (secondary N) is 1. The quantitative estimate of drug-likeness (QED) is 0.147. The van der Waals surface area contributed by atoms with Gasteiger partial charge in [-0.1, -0.05) is 35.9 Å². The minimum Gasteiger partial charge on any atom is -0.384 e. The monoisotopic (exact) mass is 782 g/mol. The fourth-order valence-corrected chi connectivity index (χ4v) is 9.56. The highest BCUT2D eigenvalue weighted by atomic mass is 35.5. The van der Waals surface area contributed by atoms with Crippen LogP contribution in [0.3, 0.4) is 0 Å². The number of rotatable bonds is 7. The summed E-state index contributed by atoms with van der Waals surface area (Å²) in [5.41, 5.74) is 8.32. The zero-order valence-electron chi connectivity index (χ0n) is 31.3. The van der Waals surface area contributed by atoms with Gasteiger partial charge in [0.15, 0.2) is 11.6 Å². The minimum absolute atomic E-state index is 0.0386. The largest absolute Gasteiger partial charge is 0.384 e. The fraction of sp³-hybridized carbons (Fsp3) is 0.326. The molecule has 282 valence electrons. The van der Waals surface area contributed by atoms with Crippen molar-refractivity contribution < 1.29 is 14.4 Å². The van der Waals surface area contributed by atoms with E-state index in [9.17, 15) is 14.4 Å². The molecule has 1 saturated carbocycles. The molecular formula is C43H39ClN8O3S. The van der Waals surface area contributed by atoms with Crippen LogP contribution >= 0.6 is 22.9 Å². The lowest BCUT2D eigenvalue weighted by Crippen LogP contribution is -2.48. The van der Waals surface area contributed by atoms with E-state index in [0.717, 1.165) is 86.9 Å². The summed E-state index contributed by atoms with van der Waals surface area (Å²) in [6.07, 6.45) is 2.60. The first-order valence-electron chi connectivity index (χ1n) is 18.9. The van der Waals surface area contributed by atoms with Crippen molar-refractivity contribution in [2.45, 2.75) is 65.2 Å². The average molecular weight is 783 g/mol. The molecule has 0 bridgehead atoms. The number of pyridine rings is 1. The molecule has 5 aromatic rings. The Hall–Kier alpha value is -5.48. The Balaban J connectivity index is 0.832. The summed E-state index contributed by atoms with van der Waals surface area (Å²) in [5.74, 6) is 8.48. The number of thiophene rings is 1. The van der Waals surface area contributed by atoms with Crippen LogP contribution in [0.4, 0.5) is 5.69 Å². The normalized spacial score (nSPS) is 19.4. The van der Waals surface area contributed by atoms with E-state index in [2.05, 4.69) is 49.8 Å². The lowest BCUT2D eigenvalue weighted by atomic mass is 9.92. The van der Waals surface area contributed by atoms with Crippen LogP contribution in [0.5, 0.6) is 0 Å². The first-order chi connectivity index (χ1) is 27.1. The average Bonchev–Trinajstić information content (AvgIpc) is 3.80. The smallest absolute Gasteiger partial charge is 0.255 e. The van der Waals surface area contributed by atoms with Crippen molar-refractivity contribution in [3.8, 4) is 16.8 Å². The van der Waals surface area contributed by atoms with Gasteiger partial charge in [-0.2, -0.15) is 0 Å². The molecule has 6 heterocycles. The lowest BCUT2D eigenvalue weighted by Gasteiger charge is -2.39. The molecular weight excluding hydrogens is 744 g/mol. The van der Waals surface area contributed by atoms with Crippen molar-refractivity contribution in [2.75, 3.05) is 25.0 Å². The number of carbonyl (C=O) groups excluding carboxylic acids is 3. The molecule has 56 heavy (non-hydrogen) atoms. The van der Waals surface area contributed by atoms with E-state index < -0.39 is 6.04 Å². The van der Waals surface area contributed by atoms with Crippen LogP contribution in [0.25, 0.3) is 5.00 Å². The number of halogens is 1. The lowest BCUT2D eigenvalue weighted by molar-refractivity contribution is -0.133. The van der Waals surface area contributed by atoms with Gasteiger partial charge < -0.3 is 10.2 Å². The molecule has 0 radical (unpaired) electrons. The second-order valence-electron chi connectivity index (χ2n) is 15.1. The Morgan fingerprint density at radius 3 is 2.59 bits per heavy atom.